The summed E-state index contributed by atoms with van der Waals surface area (Å²) in [4.78, 5) is 20.9. The molecule has 1 aromatic rings. The molecule has 1 saturated heterocycles. The minimum absolute atomic E-state index is 0.200. The molecule has 0 aliphatic carbocycles. The van der Waals surface area contributed by atoms with Crippen molar-refractivity contribution in [1.82, 2.24) is 5.32 Å². The number of anilines is 1. The van der Waals surface area contributed by atoms with Gasteiger partial charge in [0.1, 0.15) is 12.2 Å². The van der Waals surface area contributed by atoms with Crippen LogP contribution in [-0.4, -0.2) is 65.7 Å². The number of amides is 1. The first kappa shape index (κ1) is 19.2. The molecule has 5 N–H and O–H groups in total. The van der Waals surface area contributed by atoms with Crippen molar-refractivity contribution in [3.63, 3.8) is 0 Å². The van der Waals surface area contributed by atoms with Crippen LogP contribution in [0.25, 0.3) is 0 Å². The van der Waals surface area contributed by atoms with Crippen molar-refractivity contribution in [2.75, 3.05) is 25.1 Å². The van der Waals surface area contributed by atoms with Gasteiger partial charge in [0.05, 0.1) is 23.9 Å². The number of benzene rings is 1. The van der Waals surface area contributed by atoms with Gasteiger partial charge in [-0.25, -0.2) is 0 Å². The van der Waals surface area contributed by atoms with Gasteiger partial charge in [-0.3, -0.25) is 9.59 Å². The van der Waals surface area contributed by atoms with Crippen molar-refractivity contribution in [1.29, 1.82) is 0 Å². The highest BCUT2D eigenvalue weighted by molar-refractivity contribution is 6.00. The zero-order chi connectivity index (χ0) is 18.2. The van der Waals surface area contributed by atoms with Gasteiger partial charge in [0.25, 0.3) is 12.4 Å². The van der Waals surface area contributed by atoms with E-state index in [1.165, 1.54) is 0 Å². The minimum atomic E-state index is -0.893. The Hall–Kier alpha value is -2.16. The topological polar surface area (TPSA) is 128 Å². The second kappa shape index (κ2) is 9.36. The van der Waals surface area contributed by atoms with Crippen molar-refractivity contribution in [3.05, 3.63) is 29.3 Å². The van der Waals surface area contributed by atoms with Gasteiger partial charge in [0.15, 0.2) is 0 Å². The number of para-hydroxylation sites is 1. The second-order valence-corrected chi connectivity index (χ2v) is 5.93. The molecule has 0 spiro atoms. The van der Waals surface area contributed by atoms with E-state index in [9.17, 15) is 15.0 Å². The van der Waals surface area contributed by atoms with Crippen LogP contribution in [0.5, 0.6) is 0 Å². The van der Waals surface area contributed by atoms with Crippen molar-refractivity contribution >= 4 is 18.1 Å². The quantitative estimate of drug-likeness (QED) is 0.484. The third-order valence-electron chi connectivity index (χ3n) is 4.37. The molecule has 25 heavy (non-hydrogen) atoms. The smallest absolute Gasteiger partial charge is 0.290 e. The Bertz CT molecular complexity index is 595. The molecular weight excluding hydrogens is 328 g/mol. The van der Waals surface area contributed by atoms with E-state index in [0.29, 0.717) is 18.6 Å². The van der Waals surface area contributed by atoms with Crippen molar-refractivity contribution in [3.8, 4) is 0 Å². The maximum atomic E-state index is 12.6. The summed E-state index contributed by atoms with van der Waals surface area (Å²) in [6.45, 7) is 0.776. The summed E-state index contributed by atoms with van der Waals surface area (Å²) in [6, 6.07) is 5.31. The first-order chi connectivity index (χ1) is 12.1. The lowest BCUT2D eigenvalue weighted by molar-refractivity contribution is -0.122. The van der Waals surface area contributed by atoms with E-state index in [4.69, 9.17) is 14.6 Å². The Kier molecular flexibility index (Phi) is 7.17. The number of aliphatic hydroxyl groups excluding tert-OH is 2. The largest absolute Gasteiger partial charge is 0.483 e. The van der Waals surface area contributed by atoms with E-state index in [-0.39, 0.29) is 19.0 Å². The van der Waals surface area contributed by atoms with Gasteiger partial charge in [-0.05, 0) is 30.9 Å². The number of aliphatic hydroxyl groups is 2. The molecule has 3 rings (SSSR count). The number of fused-ring (bicyclic) bond motifs is 1. The van der Waals surface area contributed by atoms with Crippen LogP contribution in [0.1, 0.15) is 28.8 Å². The van der Waals surface area contributed by atoms with E-state index >= 15 is 0 Å². The van der Waals surface area contributed by atoms with Crippen LogP contribution in [0.15, 0.2) is 18.2 Å². The fourth-order valence-electron chi connectivity index (χ4n) is 3.14. The third-order valence-corrected chi connectivity index (χ3v) is 4.37. The van der Waals surface area contributed by atoms with E-state index in [1.807, 2.05) is 12.1 Å². The van der Waals surface area contributed by atoms with Gasteiger partial charge in [-0.15, -0.1) is 0 Å². The molecule has 1 amide bonds. The van der Waals surface area contributed by atoms with E-state index in [0.717, 1.165) is 30.6 Å². The van der Waals surface area contributed by atoms with Crippen molar-refractivity contribution in [2.45, 2.75) is 37.5 Å². The highest BCUT2D eigenvalue weighted by Gasteiger charge is 2.33. The molecule has 0 saturated carbocycles. The molecule has 8 nitrogen and oxygen atoms in total. The van der Waals surface area contributed by atoms with Gasteiger partial charge in [-0.2, -0.15) is 0 Å². The Labute approximate surface area is 145 Å². The molecule has 1 aromatic carbocycles. The summed E-state index contributed by atoms with van der Waals surface area (Å²) in [5.41, 5.74) is 2.66. The first-order valence-electron chi connectivity index (χ1n) is 8.27. The lowest BCUT2D eigenvalue weighted by Gasteiger charge is -2.34. The van der Waals surface area contributed by atoms with Crippen LogP contribution in [0.4, 0.5) is 5.69 Å². The predicted molar refractivity (Wildman–Crippen MR) is 90.6 cm³/mol. The number of rotatable bonds is 3. The lowest BCUT2D eigenvalue weighted by Crippen LogP contribution is -2.54. The number of aryl methyl sites for hydroxylation is 1. The monoisotopic (exact) mass is 352 g/mol. The molecule has 3 atom stereocenters. The summed E-state index contributed by atoms with van der Waals surface area (Å²) < 4.78 is 5.28. The molecule has 2 aliphatic heterocycles. The van der Waals surface area contributed by atoms with Gasteiger partial charge in [0.2, 0.25) is 0 Å². The molecule has 8 heteroatoms. The molecule has 0 unspecified atom stereocenters. The van der Waals surface area contributed by atoms with Crippen LogP contribution in [0, 0.1) is 0 Å². The van der Waals surface area contributed by atoms with Crippen LogP contribution < -0.4 is 10.6 Å². The Balaban J connectivity index is 0.000000701. The SMILES string of the molecule is O=C(N[C@H]1CCO[C@H](CO)[C@H]1O)c1cccc2c1NCCC2.O=CO. The van der Waals surface area contributed by atoms with Gasteiger partial charge >= 0.3 is 0 Å². The number of carbonyl (C=O) groups excluding carboxylic acids is 1. The number of hydrogen-bond acceptors (Lipinski definition) is 6. The maximum absolute atomic E-state index is 12.6. The molecule has 138 valence electrons. The van der Waals surface area contributed by atoms with Crippen LogP contribution in [0.3, 0.4) is 0 Å². The van der Waals surface area contributed by atoms with Gasteiger partial charge in [-0.1, -0.05) is 12.1 Å². The molecule has 0 bridgehead atoms. The average molecular weight is 352 g/mol. The minimum Gasteiger partial charge on any atom is -0.483 e. The fourth-order valence-corrected chi connectivity index (χ4v) is 3.14. The van der Waals surface area contributed by atoms with Crippen LogP contribution >= 0.6 is 0 Å². The summed E-state index contributed by atoms with van der Waals surface area (Å²) in [5.74, 6) is -0.200. The first-order valence-corrected chi connectivity index (χ1v) is 8.27. The summed E-state index contributed by atoms with van der Waals surface area (Å²) in [7, 11) is 0. The van der Waals surface area contributed by atoms with E-state index < -0.39 is 18.2 Å². The van der Waals surface area contributed by atoms with Crippen molar-refractivity contribution in [2.24, 2.45) is 0 Å². The highest BCUT2D eigenvalue weighted by Crippen LogP contribution is 2.26. The van der Waals surface area contributed by atoms with Crippen molar-refractivity contribution < 1.29 is 29.6 Å². The normalized spacial score (nSPS) is 24.8. The van der Waals surface area contributed by atoms with Gasteiger partial charge in [0, 0.05) is 13.2 Å². The molecule has 2 heterocycles. The number of carboxylic acid groups (broad SMARTS) is 1. The predicted octanol–water partition coefficient (Wildman–Crippen LogP) is -0.0140. The molecule has 1 fully saturated rings. The van der Waals surface area contributed by atoms with Crippen LogP contribution in [0.2, 0.25) is 0 Å². The Morgan fingerprint density at radius 3 is 2.92 bits per heavy atom. The molecule has 0 radical (unpaired) electrons. The number of carbonyl (C=O) groups is 2. The van der Waals surface area contributed by atoms with Crippen LogP contribution in [-0.2, 0) is 16.0 Å². The zero-order valence-electron chi connectivity index (χ0n) is 13.9. The number of ether oxygens (including phenoxy) is 1. The zero-order valence-corrected chi connectivity index (χ0v) is 13.9. The molecule has 2 aliphatic rings. The molecule has 0 aromatic heterocycles. The molecular formula is C17H24N2O6. The average Bonchev–Trinajstić information content (AvgIpc) is 2.63. The number of nitrogens with one attached hydrogen (secondary N) is 2. The number of hydrogen-bond donors (Lipinski definition) is 5. The second-order valence-electron chi connectivity index (χ2n) is 5.93. The standard InChI is InChI=1S/C16H22N2O4.CH2O2/c19-9-13-15(20)12(6-8-22-13)18-16(21)11-5-1-3-10-4-2-7-17-14(10)11;2-1-3/h1,3,5,12-13,15,17,19-20H,2,4,6-9H2,(H,18,21);1H,(H,2,3)/t12-,13+,15-;/m0./s1. The lowest BCUT2D eigenvalue weighted by atomic mass is 9.97. The van der Waals surface area contributed by atoms with Gasteiger partial charge < -0.3 is 30.7 Å². The Morgan fingerprint density at radius 2 is 2.20 bits per heavy atom. The summed E-state index contributed by atoms with van der Waals surface area (Å²) >= 11 is 0. The van der Waals surface area contributed by atoms with E-state index in [1.54, 1.807) is 6.07 Å². The maximum Gasteiger partial charge on any atom is 0.290 e. The summed E-state index contributed by atoms with van der Waals surface area (Å²) in [6.07, 6.45) is 1.04. The van der Waals surface area contributed by atoms with E-state index in [2.05, 4.69) is 10.6 Å². The third kappa shape index (κ3) is 4.68. The highest BCUT2D eigenvalue weighted by atomic mass is 16.5. The summed E-state index contributed by atoms with van der Waals surface area (Å²) in [5, 5.41) is 32.4. The Morgan fingerprint density at radius 1 is 1.44 bits per heavy atom. The fraction of sp³-hybridized carbons (Fsp3) is 0.529.